The number of alkyl carbamates (subject to hydrolysis) is 2. The van der Waals surface area contributed by atoms with Crippen molar-refractivity contribution < 1.29 is 24.2 Å². The highest BCUT2D eigenvalue weighted by Crippen LogP contribution is 2.08. The average Bonchev–Trinajstić information content (AvgIpc) is 2.56. The van der Waals surface area contributed by atoms with Gasteiger partial charge in [-0.25, -0.2) is 9.59 Å². The monoisotopic (exact) mass is 366 g/mol. The first-order chi connectivity index (χ1) is 12.2. The normalized spacial score (nSPS) is 13.4. The zero-order valence-corrected chi connectivity index (χ0v) is 16.0. The van der Waals surface area contributed by atoms with Crippen molar-refractivity contribution in [3.8, 4) is 0 Å². The largest absolute Gasteiger partial charge is 0.445 e. The standard InChI is InChI=1S/C19H30N2O5/c1-5-9-16(22)15(21-18(24)26-19(2,3)4)12-20-17(23)25-13-14-10-7-6-8-11-14/h6-8,10-11,15-16,22H,5,9,12-13H2,1-4H3,(H,20,23)(H,21,24)/t15?,16-/m0/s1. The average molecular weight is 366 g/mol. The summed E-state index contributed by atoms with van der Waals surface area (Å²) in [6, 6.07) is 8.63. The lowest BCUT2D eigenvalue weighted by atomic mass is 10.1. The lowest BCUT2D eigenvalue weighted by Crippen LogP contribution is -2.51. The Morgan fingerprint density at radius 3 is 2.38 bits per heavy atom. The van der Waals surface area contributed by atoms with Crippen LogP contribution >= 0.6 is 0 Å². The summed E-state index contributed by atoms with van der Waals surface area (Å²) in [5, 5.41) is 15.4. The Kier molecular flexibility index (Phi) is 8.92. The Bertz CT molecular complexity index is 557. The number of ether oxygens (including phenoxy) is 2. The Balaban J connectivity index is 2.51. The smallest absolute Gasteiger partial charge is 0.408 e. The lowest BCUT2D eigenvalue weighted by Gasteiger charge is -2.26. The Morgan fingerprint density at radius 1 is 1.15 bits per heavy atom. The van der Waals surface area contributed by atoms with Gasteiger partial charge in [0.25, 0.3) is 0 Å². The molecule has 146 valence electrons. The van der Waals surface area contributed by atoms with E-state index < -0.39 is 29.9 Å². The molecule has 7 nitrogen and oxygen atoms in total. The summed E-state index contributed by atoms with van der Waals surface area (Å²) >= 11 is 0. The zero-order chi connectivity index (χ0) is 19.6. The van der Waals surface area contributed by atoms with Crippen LogP contribution in [0.3, 0.4) is 0 Å². The third kappa shape index (κ3) is 9.27. The van der Waals surface area contributed by atoms with Gasteiger partial charge < -0.3 is 25.2 Å². The van der Waals surface area contributed by atoms with E-state index >= 15 is 0 Å². The van der Waals surface area contributed by atoms with Gasteiger partial charge in [0, 0.05) is 6.54 Å². The van der Waals surface area contributed by atoms with Crippen LogP contribution in [0.15, 0.2) is 30.3 Å². The van der Waals surface area contributed by atoms with E-state index in [1.54, 1.807) is 20.8 Å². The minimum Gasteiger partial charge on any atom is -0.445 e. The summed E-state index contributed by atoms with van der Waals surface area (Å²) in [7, 11) is 0. The fraction of sp³-hybridized carbons (Fsp3) is 0.579. The molecule has 0 fully saturated rings. The van der Waals surface area contributed by atoms with Crippen LogP contribution in [0, 0.1) is 0 Å². The second kappa shape index (κ2) is 10.7. The van der Waals surface area contributed by atoms with E-state index in [4.69, 9.17) is 9.47 Å². The van der Waals surface area contributed by atoms with E-state index in [2.05, 4.69) is 10.6 Å². The first kappa shape index (κ1) is 21.8. The maximum Gasteiger partial charge on any atom is 0.408 e. The number of aliphatic hydroxyl groups excluding tert-OH is 1. The van der Waals surface area contributed by atoms with E-state index in [0.29, 0.717) is 6.42 Å². The van der Waals surface area contributed by atoms with Gasteiger partial charge in [0.2, 0.25) is 0 Å². The maximum absolute atomic E-state index is 11.9. The number of benzene rings is 1. The number of hydrogen-bond donors (Lipinski definition) is 3. The highest BCUT2D eigenvalue weighted by molar-refractivity contribution is 5.69. The molecule has 1 aromatic rings. The van der Waals surface area contributed by atoms with Gasteiger partial charge in [-0.15, -0.1) is 0 Å². The van der Waals surface area contributed by atoms with Gasteiger partial charge in [-0.1, -0.05) is 43.7 Å². The maximum atomic E-state index is 11.9. The fourth-order valence-electron chi connectivity index (χ4n) is 2.21. The van der Waals surface area contributed by atoms with Crippen molar-refractivity contribution in [1.29, 1.82) is 0 Å². The molecule has 0 aliphatic heterocycles. The van der Waals surface area contributed by atoms with Gasteiger partial charge >= 0.3 is 12.2 Å². The Morgan fingerprint density at radius 2 is 1.81 bits per heavy atom. The predicted octanol–water partition coefficient (Wildman–Crippen LogP) is 2.97. The topological polar surface area (TPSA) is 96.9 Å². The van der Waals surface area contributed by atoms with Crippen molar-refractivity contribution in [2.75, 3.05) is 6.54 Å². The Labute approximate surface area is 155 Å². The molecule has 0 bridgehead atoms. The van der Waals surface area contributed by atoms with Crippen LogP contribution in [-0.2, 0) is 16.1 Å². The molecule has 0 saturated carbocycles. The summed E-state index contributed by atoms with van der Waals surface area (Å²) in [5.74, 6) is 0. The summed E-state index contributed by atoms with van der Waals surface area (Å²) in [6.45, 7) is 7.37. The first-order valence-corrected chi connectivity index (χ1v) is 8.83. The molecule has 2 atom stereocenters. The van der Waals surface area contributed by atoms with Gasteiger partial charge in [0.05, 0.1) is 12.1 Å². The van der Waals surface area contributed by atoms with Gasteiger partial charge in [0.15, 0.2) is 0 Å². The van der Waals surface area contributed by atoms with E-state index in [1.807, 2.05) is 37.3 Å². The summed E-state index contributed by atoms with van der Waals surface area (Å²) in [5.41, 5.74) is 0.226. The molecule has 26 heavy (non-hydrogen) atoms. The number of carbonyl (C=O) groups is 2. The number of amides is 2. The quantitative estimate of drug-likeness (QED) is 0.657. The Hall–Kier alpha value is -2.28. The molecule has 0 radical (unpaired) electrons. The number of hydrogen-bond acceptors (Lipinski definition) is 5. The molecule has 1 rings (SSSR count). The van der Waals surface area contributed by atoms with Crippen LogP contribution in [0.4, 0.5) is 9.59 Å². The van der Waals surface area contributed by atoms with Crippen LogP contribution in [0.5, 0.6) is 0 Å². The highest BCUT2D eigenvalue weighted by atomic mass is 16.6. The molecule has 0 aliphatic rings. The molecule has 1 unspecified atom stereocenters. The fourth-order valence-corrected chi connectivity index (χ4v) is 2.21. The zero-order valence-electron chi connectivity index (χ0n) is 16.0. The SMILES string of the molecule is CCC[C@H](O)C(CNC(=O)OCc1ccccc1)NC(=O)OC(C)(C)C. The van der Waals surface area contributed by atoms with E-state index in [1.165, 1.54) is 0 Å². The van der Waals surface area contributed by atoms with Gasteiger partial charge in [0.1, 0.15) is 12.2 Å². The molecular weight excluding hydrogens is 336 g/mol. The molecule has 2 amide bonds. The van der Waals surface area contributed by atoms with Crippen molar-refractivity contribution >= 4 is 12.2 Å². The minimum atomic E-state index is -0.804. The molecule has 1 aromatic carbocycles. The summed E-state index contributed by atoms with van der Waals surface area (Å²) < 4.78 is 10.3. The summed E-state index contributed by atoms with van der Waals surface area (Å²) in [6.07, 6.45) is -0.833. The third-order valence-corrected chi connectivity index (χ3v) is 3.43. The second-order valence-electron chi connectivity index (χ2n) is 7.05. The van der Waals surface area contributed by atoms with E-state index in [9.17, 15) is 14.7 Å². The number of nitrogens with one attached hydrogen (secondary N) is 2. The van der Waals surface area contributed by atoms with Crippen LogP contribution in [0.1, 0.15) is 46.1 Å². The second-order valence-corrected chi connectivity index (χ2v) is 7.05. The molecule has 0 aliphatic carbocycles. The minimum absolute atomic E-state index is 0.0357. The van der Waals surface area contributed by atoms with Gasteiger partial charge in [-0.3, -0.25) is 0 Å². The molecule has 3 N–H and O–H groups in total. The molecule has 0 heterocycles. The van der Waals surface area contributed by atoms with Crippen LogP contribution in [-0.4, -0.2) is 41.6 Å². The van der Waals surface area contributed by atoms with Crippen LogP contribution < -0.4 is 10.6 Å². The van der Waals surface area contributed by atoms with Gasteiger partial charge in [-0.05, 0) is 32.8 Å². The molecule has 7 heteroatoms. The van der Waals surface area contributed by atoms with Crippen molar-refractivity contribution in [1.82, 2.24) is 10.6 Å². The number of rotatable bonds is 8. The number of aliphatic hydroxyl groups is 1. The molecule has 0 aromatic heterocycles. The third-order valence-electron chi connectivity index (χ3n) is 3.43. The lowest BCUT2D eigenvalue weighted by molar-refractivity contribution is 0.0409. The first-order valence-electron chi connectivity index (χ1n) is 8.83. The van der Waals surface area contributed by atoms with Crippen molar-refractivity contribution in [3.05, 3.63) is 35.9 Å². The molecule has 0 saturated heterocycles. The summed E-state index contributed by atoms with van der Waals surface area (Å²) in [4.78, 5) is 23.8. The van der Waals surface area contributed by atoms with E-state index in [-0.39, 0.29) is 13.2 Å². The van der Waals surface area contributed by atoms with Gasteiger partial charge in [-0.2, -0.15) is 0 Å². The van der Waals surface area contributed by atoms with Crippen LogP contribution in [0.2, 0.25) is 0 Å². The van der Waals surface area contributed by atoms with Crippen molar-refractivity contribution in [2.45, 2.75) is 64.9 Å². The predicted molar refractivity (Wildman–Crippen MR) is 98.7 cm³/mol. The molecular formula is C19H30N2O5. The number of carbonyl (C=O) groups excluding carboxylic acids is 2. The van der Waals surface area contributed by atoms with Crippen molar-refractivity contribution in [3.63, 3.8) is 0 Å². The highest BCUT2D eigenvalue weighted by Gasteiger charge is 2.24. The molecule has 0 spiro atoms. The van der Waals surface area contributed by atoms with E-state index in [0.717, 1.165) is 12.0 Å². The van der Waals surface area contributed by atoms with Crippen LogP contribution in [0.25, 0.3) is 0 Å². The van der Waals surface area contributed by atoms with Crippen molar-refractivity contribution in [2.24, 2.45) is 0 Å².